The van der Waals surface area contributed by atoms with E-state index in [1.165, 1.54) is 0 Å². The molecular formula is C22H24N2O2. The largest absolute Gasteiger partial charge is 0.388 e. The fraction of sp³-hybridized carbons (Fsp3) is 0.364. The zero-order chi connectivity index (χ0) is 19.4. The molecule has 4 nitrogen and oxygen atoms in total. The molecule has 0 N–H and O–H groups in total. The van der Waals surface area contributed by atoms with Crippen molar-refractivity contribution in [2.75, 3.05) is 0 Å². The summed E-state index contributed by atoms with van der Waals surface area (Å²) in [6.07, 6.45) is 3.59. The van der Waals surface area contributed by atoms with Crippen LogP contribution in [0, 0.1) is 34.4 Å². The van der Waals surface area contributed by atoms with Gasteiger partial charge in [-0.05, 0) is 23.5 Å². The fourth-order valence-electron chi connectivity index (χ4n) is 4.30. The Morgan fingerprint density at radius 3 is 1.46 bits per heavy atom. The summed E-state index contributed by atoms with van der Waals surface area (Å²) in [6, 6.07) is 15.2. The highest BCUT2D eigenvalue weighted by molar-refractivity contribution is 5.54. The first-order chi connectivity index (χ1) is 12.3. The van der Waals surface area contributed by atoms with Crippen LogP contribution in [0.2, 0.25) is 0 Å². The second kappa shape index (κ2) is 7.50. The van der Waals surface area contributed by atoms with Crippen LogP contribution in [0.5, 0.6) is 11.5 Å². The third-order valence-corrected chi connectivity index (χ3v) is 4.98. The predicted molar refractivity (Wildman–Crippen MR) is 100 cm³/mol. The van der Waals surface area contributed by atoms with Crippen LogP contribution < -0.4 is 9.47 Å². The molecule has 0 saturated carbocycles. The Bertz CT molecular complexity index is 792. The van der Waals surface area contributed by atoms with Crippen LogP contribution in [0.15, 0.2) is 48.5 Å². The van der Waals surface area contributed by atoms with Gasteiger partial charge in [-0.15, -0.1) is 10.5 Å². The third kappa shape index (κ3) is 3.11. The van der Waals surface area contributed by atoms with E-state index in [-0.39, 0.29) is 11.3 Å². The highest BCUT2D eigenvalue weighted by atomic mass is 16.5. The maximum Gasteiger partial charge on any atom is 0.292 e. The number of hydrogen-bond acceptors (Lipinski definition) is 4. The Hall–Kier alpha value is -2.98. The van der Waals surface area contributed by atoms with Crippen LogP contribution >= 0.6 is 0 Å². The summed E-state index contributed by atoms with van der Waals surface area (Å²) in [5.41, 5.74) is 0.995. The molecule has 0 aliphatic heterocycles. The first kappa shape index (κ1) is 19.3. The molecule has 2 aromatic rings. The van der Waals surface area contributed by atoms with Gasteiger partial charge in [-0.1, -0.05) is 71.0 Å². The minimum Gasteiger partial charge on any atom is -0.388 e. The monoisotopic (exact) mass is 348 g/mol. The van der Waals surface area contributed by atoms with Gasteiger partial charge in [0.1, 0.15) is 11.5 Å². The van der Waals surface area contributed by atoms with Crippen molar-refractivity contribution in [3.63, 3.8) is 0 Å². The standard InChI is InChI=1S/C22H24N2O2/c1-16(2)22(21(3,4)5,17-10-6-8-12-19(17)25-14-23)18-11-7-9-13-20(18)26-15-24/h6-13,16H,1-5H3. The van der Waals surface area contributed by atoms with Gasteiger partial charge in [-0.3, -0.25) is 0 Å². The Morgan fingerprint density at radius 2 is 1.15 bits per heavy atom. The molecule has 26 heavy (non-hydrogen) atoms. The number of nitrogens with zero attached hydrogens (tertiary/aromatic N) is 2. The smallest absolute Gasteiger partial charge is 0.292 e. The van der Waals surface area contributed by atoms with Crippen molar-refractivity contribution in [3.05, 3.63) is 59.7 Å². The molecule has 0 fully saturated rings. The number of rotatable bonds is 5. The summed E-state index contributed by atoms with van der Waals surface area (Å²) in [7, 11) is 0. The van der Waals surface area contributed by atoms with Crippen molar-refractivity contribution in [1.29, 1.82) is 10.5 Å². The van der Waals surface area contributed by atoms with Gasteiger partial charge in [-0.25, -0.2) is 0 Å². The van der Waals surface area contributed by atoms with Crippen molar-refractivity contribution in [2.45, 2.75) is 40.0 Å². The van der Waals surface area contributed by atoms with E-state index in [1.807, 2.05) is 36.4 Å². The van der Waals surface area contributed by atoms with E-state index >= 15 is 0 Å². The summed E-state index contributed by atoms with van der Waals surface area (Å²) in [5, 5.41) is 18.2. The van der Waals surface area contributed by atoms with Crippen LogP contribution in [0.25, 0.3) is 0 Å². The second-order valence-corrected chi connectivity index (χ2v) is 7.59. The van der Waals surface area contributed by atoms with Crippen LogP contribution in [0.3, 0.4) is 0 Å². The number of benzene rings is 2. The molecule has 0 unspecified atom stereocenters. The average Bonchev–Trinajstić information content (AvgIpc) is 2.57. The van der Waals surface area contributed by atoms with Crippen molar-refractivity contribution in [2.24, 2.45) is 11.3 Å². The fourth-order valence-corrected chi connectivity index (χ4v) is 4.30. The predicted octanol–water partition coefficient (Wildman–Crippen LogP) is 5.39. The van der Waals surface area contributed by atoms with Crippen molar-refractivity contribution in [1.82, 2.24) is 0 Å². The third-order valence-electron chi connectivity index (χ3n) is 4.98. The summed E-state index contributed by atoms with van der Waals surface area (Å²) < 4.78 is 10.6. The quantitative estimate of drug-likeness (QED) is 0.679. The molecule has 0 radical (unpaired) electrons. The molecule has 0 aromatic heterocycles. The molecule has 2 aromatic carbocycles. The Labute approximate surface area is 155 Å². The van der Waals surface area contributed by atoms with Gasteiger partial charge in [0.2, 0.25) is 0 Å². The molecule has 0 heterocycles. The summed E-state index contributed by atoms with van der Waals surface area (Å²) in [6.45, 7) is 10.7. The van der Waals surface area contributed by atoms with E-state index in [9.17, 15) is 0 Å². The normalized spacial score (nSPS) is 11.5. The lowest BCUT2D eigenvalue weighted by Crippen LogP contribution is -2.46. The summed E-state index contributed by atoms with van der Waals surface area (Å²) in [5.74, 6) is 1.17. The van der Waals surface area contributed by atoms with E-state index in [2.05, 4.69) is 34.6 Å². The number of para-hydroxylation sites is 2. The second-order valence-electron chi connectivity index (χ2n) is 7.59. The zero-order valence-electron chi connectivity index (χ0n) is 15.9. The zero-order valence-corrected chi connectivity index (χ0v) is 15.9. The van der Waals surface area contributed by atoms with E-state index < -0.39 is 5.41 Å². The lowest BCUT2D eigenvalue weighted by Gasteiger charge is -2.49. The molecule has 0 bridgehead atoms. The van der Waals surface area contributed by atoms with Crippen LogP contribution in [0.4, 0.5) is 0 Å². The number of ether oxygens (including phenoxy) is 2. The molecular weight excluding hydrogens is 324 g/mol. The SMILES string of the molecule is CC(C)C(c1ccccc1OC#N)(c1ccccc1OC#N)C(C)(C)C. The van der Waals surface area contributed by atoms with E-state index in [1.54, 1.807) is 24.6 Å². The molecule has 0 atom stereocenters. The van der Waals surface area contributed by atoms with Crippen molar-refractivity contribution in [3.8, 4) is 24.0 Å². The Morgan fingerprint density at radius 1 is 0.769 bits per heavy atom. The Balaban J connectivity index is 2.96. The first-order valence-corrected chi connectivity index (χ1v) is 8.61. The number of hydrogen-bond donors (Lipinski definition) is 0. The van der Waals surface area contributed by atoms with Crippen molar-refractivity contribution >= 4 is 0 Å². The topological polar surface area (TPSA) is 66.0 Å². The minimum atomic E-state index is -0.548. The molecule has 0 saturated heterocycles. The summed E-state index contributed by atoms with van der Waals surface area (Å²) >= 11 is 0. The molecule has 2 rings (SSSR count). The van der Waals surface area contributed by atoms with E-state index in [0.29, 0.717) is 11.5 Å². The van der Waals surface area contributed by atoms with Crippen LogP contribution in [-0.4, -0.2) is 0 Å². The van der Waals surface area contributed by atoms with Gasteiger partial charge in [0.05, 0.1) is 0 Å². The number of nitriles is 2. The maximum atomic E-state index is 9.12. The summed E-state index contributed by atoms with van der Waals surface area (Å²) in [4.78, 5) is 0. The van der Waals surface area contributed by atoms with E-state index in [0.717, 1.165) is 11.1 Å². The van der Waals surface area contributed by atoms with Crippen LogP contribution in [-0.2, 0) is 5.41 Å². The highest BCUT2D eigenvalue weighted by Gasteiger charge is 2.50. The average molecular weight is 348 g/mol. The van der Waals surface area contributed by atoms with Gasteiger partial charge in [0, 0.05) is 16.5 Å². The van der Waals surface area contributed by atoms with Gasteiger partial charge < -0.3 is 9.47 Å². The van der Waals surface area contributed by atoms with Gasteiger partial charge >= 0.3 is 0 Å². The van der Waals surface area contributed by atoms with Crippen LogP contribution in [0.1, 0.15) is 45.7 Å². The highest BCUT2D eigenvalue weighted by Crippen LogP contribution is 2.56. The van der Waals surface area contributed by atoms with Gasteiger partial charge in [0.15, 0.2) is 0 Å². The van der Waals surface area contributed by atoms with Gasteiger partial charge in [-0.2, -0.15) is 0 Å². The molecule has 4 heteroatoms. The molecule has 0 aliphatic rings. The van der Waals surface area contributed by atoms with Crippen molar-refractivity contribution < 1.29 is 9.47 Å². The first-order valence-electron chi connectivity index (χ1n) is 8.61. The molecule has 0 aliphatic carbocycles. The lowest BCUT2D eigenvalue weighted by atomic mass is 9.53. The Kier molecular flexibility index (Phi) is 5.58. The minimum absolute atomic E-state index is 0.134. The maximum absolute atomic E-state index is 9.12. The van der Waals surface area contributed by atoms with E-state index in [4.69, 9.17) is 20.0 Å². The molecule has 0 spiro atoms. The lowest BCUT2D eigenvalue weighted by molar-refractivity contribution is 0.159. The van der Waals surface area contributed by atoms with Gasteiger partial charge in [0.25, 0.3) is 12.5 Å². The molecule has 0 amide bonds. The molecule has 134 valence electrons.